The van der Waals surface area contributed by atoms with Gasteiger partial charge in [-0.05, 0) is 44.9 Å². The summed E-state index contributed by atoms with van der Waals surface area (Å²) in [6.07, 6.45) is 7.60. The summed E-state index contributed by atoms with van der Waals surface area (Å²) in [7, 11) is 0. The Morgan fingerprint density at radius 2 is 1.74 bits per heavy atom. The summed E-state index contributed by atoms with van der Waals surface area (Å²) in [5.41, 5.74) is 13.7. The van der Waals surface area contributed by atoms with Crippen LogP contribution in [0.2, 0.25) is 0 Å². The third-order valence-electron chi connectivity index (χ3n) is 4.66. The molecule has 34 heavy (non-hydrogen) atoms. The van der Waals surface area contributed by atoms with Gasteiger partial charge in [-0.2, -0.15) is 0 Å². The van der Waals surface area contributed by atoms with Crippen LogP contribution in [0.15, 0.2) is 41.3 Å². The van der Waals surface area contributed by atoms with Gasteiger partial charge in [-0.3, -0.25) is 4.79 Å². The molecule has 1 aromatic heterocycles. The van der Waals surface area contributed by atoms with Gasteiger partial charge >= 0.3 is 0 Å². The van der Waals surface area contributed by atoms with Crippen LogP contribution in [0.5, 0.6) is 0 Å². The average molecular weight is 477 g/mol. The van der Waals surface area contributed by atoms with Gasteiger partial charge in [0.15, 0.2) is 0 Å². The van der Waals surface area contributed by atoms with Crippen LogP contribution in [-0.4, -0.2) is 33.8 Å². The van der Waals surface area contributed by atoms with E-state index in [1.165, 1.54) is 29.7 Å². The molecule has 0 aliphatic rings. The van der Waals surface area contributed by atoms with Crippen LogP contribution in [0.4, 0.5) is 8.78 Å². The summed E-state index contributed by atoms with van der Waals surface area (Å²) in [5.74, 6) is -0.443. The number of allylic oxidation sites excluding steroid dienone is 5. The van der Waals surface area contributed by atoms with E-state index in [0.717, 1.165) is 6.21 Å². The first-order chi connectivity index (χ1) is 15.9. The summed E-state index contributed by atoms with van der Waals surface area (Å²) in [5, 5.41) is 15.3. The first-order valence-corrected chi connectivity index (χ1v) is 11.2. The number of nitrogens with zero attached hydrogens (tertiary/aromatic N) is 2. The molecule has 1 amide bonds. The van der Waals surface area contributed by atoms with Crippen molar-refractivity contribution >= 4 is 29.0 Å². The molecule has 0 bridgehead atoms. The Balaban J connectivity index is 0.00000251. The summed E-state index contributed by atoms with van der Waals surface area (Å²) in [6, 6.07) is 0. The predicted octanol–water partition coefficient (Wildman–Crippen LogP) is 5.48. The van der Waals surface area contributed by atoms with Crippen molar-refractivity contribution < 1.29 is 13.6 Å². The average Bonchev–Trinajstić information content (AvgIpc) is 3.16. The monoisotopic (exact) mass is 476 g/mol. The summed E-state index contributed by atoms with van der Waals surface area (Å²) < 4.78 is 27.5. The van der Waals surface area contributed by atoms with Crippen LogP contribution < -0.4 is 11.5 Å². The van der Waals surface area contributed by atoms with Gasteiger partial charge in [0.25, 0.3) is 6.43 Å². The number of unbranched alkanes of at least 4 members (excludes halogenated alkanes) is 1. The molecule has 0 atom stereocenters. The zero-order valence-corrected chi connectivity index (χ0v) is 21.0. The smallest absolute Gasteiger partial charge is 0.256 e. The first kappa shape index (κ1) is 30.6. The molecule has 0 fully saturated rings. The number of carbonyl (C=O) groups is 1. The number of nitrogens with one attached hydrogen (secondary N) is 2. The lowest BCUT2D eigenvalue weighted by atomic mass is 10.0. The van der Waals surface area contributed by atoms with E-state index in [1.807, 2.05) is 6.92 Å². The number of imidazole rings is 1. The highest BCUT2D eigenvalue weighted by Crippen LogP contribution is 2.24. The second-order valence-corrected chi connectivity index (χ2v) is 7.72. The largest absolute Gasteiger partial charge is 0.398 e. The molecule has 6 N–H and O–H groups in total. The lowest BCUT2D eigenvalue weighted by Crippen LogP contribution is -2.15. The summed E-state index contributed by atoms with van der Waals surface area (Å²) in [4.78, 5) is 16.0. The maximum absolute atomic E-state index is 13.1. The highest BCUT2D eigenvalue weighted by Gasteiger charge is 2.18. The minimum absolute atomic E-state index is 0.0942. The van der Waals surface area contributed by atoms with E-state index in [4.69, 9.17) is 22.3 Å². The van der Waals surface area contributed by atoms with Crippen molar-refractivity contribution in [2.75, 3.05) is 0 Å². The van der Waals surface area contributed by atoms with E-state index < -0.39 is 18.9 Å². The molecule has 0 aliphatic carbocycles. The number of amides is 1. The number of alkyl halides is 2. The lowest BCUT2D eigenvalue weighted by Gasteiger charge is -2.11. The number of primary amides is 1. The zero-order valence-electron chi connectivity index (χ0n) is 21.0. The third kappa shape index (κ3) is 10.1. The molecule has 7 nitrogen and oxygen atoms in total. The number of aromatic nitrogens is 2. The van der Waals surface area contributed by atoms with Gasteiger partial charge in [-0.1, -0.05) is 39.7 Å². The van der Waals surface area contributed by atoms with Crippen LogP contribution in [0.25, 0.3) is 11.1 Å². The second-order valence-electron chi connectivity index (χ2n) is 7.72. The van der Waals surface area contributed by atoms with Gasteiger partial charge in [-0.25, -0.2) is 13.8 Å². The molecule has 0 aromatic carbocycles. The predicted molar refractivity (Wildman–Crippen MR) is 137 cm³/mol. The van der Waals surface area contributed by atoms with Crippen LogP contribution in [-0.2, 0) is 11.3 Å². The van der Waals surface area contributed by atoms with Gasteiger partial charge < -0.3 is 26.9 Å². The summed E-state index contributed by atoms with van der Waals surface area (Å²) in [6.45, 7) is 10.6. The third-order valence-corrected chi connectivity index (χ3v) is 4.66. The van der Waals surface area contributed by atoms with Crippen molar-refractivity contribution in [3.8, 4) is 0 Å². The number of halogens is 2. The molecule has 0 unspecified atom stereocenters. The van der Waals surface area contributed by atoms with Crippen molar-refractivity contribution in [1.82, 2.24) is 9.55 Å². The second kappa shape index (κ2) is 15.5. The maximum Gasteiger partial charge on any atom is 0.256 e. The SMILES string of the molecule is CC/C=C(/C=C(N)\C(C=N)=C(/C)c1nc(/C(C)=C/C(C)=N)cn1CC(F)F)C(N)=O.CCCC. The topological polar surface area (TPSA) is 135 Å². The Labute approximate surface area is 201 Å². The number of carbonyl (C=O) groups excluding carboxylic acids is 1. The van der Waals surface area contributed by atoms with Gasteiger partial charge in [0.1, 0.15) is 5.82 Å². The Bertz CT molecular complexity index is 982. The van der Waals surface area contributed by atoms with E-state index in [-0.39, 0.29) is 22.7 Å². The van der Waals surface area contributed by atoms with E-state index in [0.29, 0.717) is 29.0 Å². The number of nitrogens with two attached hydrogens (primary N) is 2. The molecule has 0 aliphatic heterocycles. The highest BCUT2D eigenvalue weighted by atomic mass is 19.3. The molecular formula is C25H38F2N6O. The molecule has 188 valence electrons. The quantitative estimate of drug-likeness (QED) is 0.191. The minimum Gasteiger partial charge on any atom is -0.398 e. The molecule has 0 radical (unpaired) electrons. The Morgan fingerprint density at radius 1 is 1.15 bits per heavy atom. The zero-order chi connectivity index (χ0) is 26.4. The summed E-state index contributed by atoms with van der Waals surface area (Å²) >= 11 is 0. The van der Waals surface area contributed by atoms with Crippen LogP contribution in [0.3, 0.4) is 0 Å². The molecular weight excluding hydrogens is 438 g/mol. The fourth-order valence-corrected chi connectivity index (χ4v) is 2.82. The number of hydrogen-bond acceptors (Lipinski definition) is 5. The van der Waals surface area contributed by atoms with Crippen molar-refractivity contribution in [2.24, 2.45) is 11.5 Å². The first-order valence-electron chi connectivity index (χ1n) is 11.2. The fourth-order valence-electron chi connectivity index (χ4n) is 2.82. The van der Waals surface area contributed by atoms with E-state index in [9.17, 15) is 13.6 Å². The van der Waals surface area contributed by atoms with Crippen molar-refractivity contribution in [3.63, 3.8) is 0 Å². The van der Waals surface area contributed by atoms with Crippen molar-refractivity contribution in [1.29, 1.82) is 10.8 Å². The van der Waals surface area contributed by atoms with Crippen molar-refractivity contribution in [2.45, 2.75) is 73.8 Å². The highest BCUT2D eigenvalue weighted by molar-refractivity contribution is 5.98. The normalized spacial score (nSPS) is 13.3. The van der Waals surface area contributed by atoms with E-state index in [1.54, 1.807) is 32.9 Å². The molecule has 0 spiro atoms. The van der Waals surface area contributed by atoms with Gasteiger partial charge in [0.05, 0.1) is 12.2 Å². The van der Waals surface area contributed by atoms with Crippen LogP contribution in [0, 0.1) is 10.8 Å². The Morgan fingerprint density at radius 3 is 2.15 bits per heavy atom. The molecule has 1 aromatic rings. The number of hydrogen-bond donors (Lipinski definition) is 4. The molecule has 0 saturated heterocycles. The maximum atomic E-state index is 13.1. The van der Waals surface area contributed by atoms with Gasteiger partial charge in [0, 0.05) is 40.5 Å². The van der Waals surface area contributed by atoms with Gasteiger partial charge in [0.2, 0.25) is 5.91 Å². The van der Waals surface area contributed by atoms with Crippen LogP contribution >= 0.6 is 0 Å². The molecule has 1 rings (SSSR count). The number of rotatable bonds is 11. The minimum atomic E-state index is -2.61. The fraction of sp³-hybridized carbons (Fsp3) is 0.440. The van der Waals surface area contributed by atoms with Crippen molar-refractivity contribution in [3.05, 3.63) is 52.8 Å². The van der Waals surface area contributed by atoms with E-state index in [2.05, 4.69) is 18.8 Å². The standard InChI is InChI=1S/C21H28F2N6O.C4H10/c1-5-6-15(20(27)30)8-17(26)16(9-24)14(4)21-28-18(12(2)7-13(3)25)10-29(21)11-19(22)23;1-3-4-2/h6-10,19,24-25H,5,11,26H2,1-4H3,(H2,27,30);3-4H2,1-2H3/b12-7+,15-6-,16-14+,17-8+,24-9?,25-13?;. The Hall–Kier alpha value is -3.36. The molecule has 0 saturated carbocycles. The van der Waals surface area contributed by atoms with Gasteiger partial charge in [-0.15, -0.1) is 0 Å². The molecule has 1 heterocycles. The van der Waals surface area contributed by atoms with E-state index >= 15 is 0 Å². The lowest BCUT2D eigenvalue weighted by molar-refractivity contribution is -0.114. The molecule has 9 heteroatoms. The Kier molecular flexibility index (Phi) is 13.9. The van der Waals surface area contributed by atoms with Crippen LogP contribution in [0.1, 0.15) is 72.3 Å².